The number of hydrogen-bond acceptors (Lipinski definition) is 4. The van der Waals surface area contributed by atoms with Crippen LogP contribution in [0.25, 0.3) is 0 Å². The third kappa shape index (κ3) is 4.72. The molecule has 0 bridgehead atoms. The number of amides is 1. The fourth-order valence-electron chi connectivity index (χ4n) is 4.87. The molecule has 4 rings (SSSR count). The number of anilines is 1. The molecule has 1 fully saturated rings. The van der Waals surface area contributed by atoms with Crippen molar-refractivity contribution in [1.29, 1.82) is 0 Å². The third-order valence-electron chi connectivity index (χ3n) is 6.86. The summed E-state index contributed by atoms with van der Waals surface area (Å²) in [4.78, 5) is 16.6. The van der Waals surface area contributed by atoms with Gasteiger partial charge in [-0.3, -0.25) is 4.79 Å². The van der Waals surface area contributed by atoms with Gasteiger partial charge in [0.2, 0.25) is 5.91 Å². The molecule has 0 aromatic heterocycles. The molecular formula is C26H33FN2O3. The Bertz CT molecular complexity index is 952. The highest BCUT2D eigenvalue weighted by Gasteiger charge is 2.34. The maximum atomic E-state index is 13.2. The Hall–Kier alpha value is -2.28. The molecule has 5 nitrogen and oxygen atoms in total. The summed E-state index contributed by atoms with van der Waals surface area (Å²) < 4.78 is 13.2. The van der Waals surface area contributed by atoms with Gasteiger partial charge >= 0.3 is 0 Å². The zero-order valence-corrected chi connectivity index (χ0v) is 18.9. The molecule has 2 aliphatic heterocycles. The lowest BCUT2D eigenvalue weighted by molar-refractivity contribution is -0.121. The van der Waals surface area contributed by atoms with Crippen molar-refractivity contribution in [2.45, 2.75) is 51.2 Å². The Kier molecular flexibility index (Phi) is 6.65. The van der Waals surface area contributed by atoms with Crippen LogP contribution in [0.2, 0.25) is 0 Å². The topological polar surface area (TPSA) is 64.0 Å². The molecule has 0 saturated carbocycles. The van der Waals surface area contributed by atoms with Gasteiger partial charge < -0.3 is 20.0 Å². The number of fused-ring (bicyclic) bond motifs is 1. The Balaban J connectivity index is 1.39. The number of carbonyl (C=O) groups excluding carboxylic acids is 1. The summed E-state index contributed by atoms with van der Waals surface area (Å²) in [5.74, 6) is -0.209. The predicted octanol–water partition coefficient (Wildman–Crippen LogP) is 3.78. The minimum Gasteiger partial charge on any atom is -0.387 e. The minimum absolute atomic E-state index is 0.0427. The summed E-state index contributed by atoms with van der Waals surface area (Å²) in [5.41, 5.74) is 2.74. The molecule has 2 N–H and O–H groups in total. The van der Waals surface area contributed by atoms with Crippen molar-refractivity contribution >= 4 is 11.6 Å². The van der Waals surface area contributed by atoms with E-state index in [4.69, 9.17) is 0 Å². The van der Waals surface area contributed by atoms with Gasteiger partial charge in [0.1, 0.15) is 5.82 Å². The molecule has 32 heavy (non-hydrogen) atoms. The monoisotopic (exact) mass is 440 g/mol. The van der Waals surface area contributed by atoms with Crippen LogP contribution in [0.1, 0.15) is 55.9 Å². The zero-order chi connectivity index (χ0) is 22.9. The number of likely N-dealkylation sites (tertiary alicyclic amines) is 1. The number of halogens is 1. The molecule has 2 aromatic rings. The number of aliphatic hydroxyl groups is 2. The Morgan fingerprint density at radius 1 is 1.09 bits per heavy atom. The normalized spacial score (nSPS) is 19.6. The molecule has 1 atom stereocenters. The van der Waals surface area contributed by atoms with Crippen LogP contribution in [0.3, 0.4) is 0 Å². The van der Waals surface area contributed by atoms with E-state index in [1.165, 1.54) is 12.1 Å². The van der Waals surface area contributed by atoms with Crippen LogP contribution in [-0.4, -0.2) is 47.2 Å². The van der Waals surface area contributed by atoms with E-state index < -0.39 is 11.7 Å². The van der Waals surface area contributed by atoms with Crippen LogP contribution in [0.5, 0.6) is 0 Å². The lowest BCUT2D eigenvalue weighted by atomic mass is 9.84. The first kappa shape index (κ1) is 22.9. The third-order valence-corrected chi connectivity index (χ3v) is 6.86. The number of piperidine rings is 1. The van der Waals surface area contributed by atoms with Crippen molar-refractivity contribution in [3.8, 4) is 0 Å². The van der Waals surface area contributed by atoms with Crippen LogP contribution in [-0.2, 0) is 16.8 Å². The number of aryl methyl sites for hydroxylation is 1. The van der Waals surface area contributed by atoms with E-state index in [1.807, 2.05) is 36.9 Å². The van der Waals surface area contributed by atoms with Crippen molar-refractivity contribution in [3.63, 3.8) is 0 Å². The van der Waals surface area contributed by atoms with Crippen molar-refractivity contribution in [1.82, 2.24) is 4.90 Å². The summed E-state index contributed by atoms with van der Waals surface area (Å²) in [5, 5.41) is 21.9. The molecule has 2 aromatic carbocycles. The number of carbonyl (C=O) groups is 1. The van der Waals surface area contributed by atoms with Crippen molar-refractivity contribution in [2.75, 3.05) is 31.1 Å². The molecular weight excluding hydrogens is 407 g/mol. The first-order valence-corrected chi connectivity index (χ1v) is 11.6. The van der Waals surface area contributed by atoms with E-state index in [-0.39, 0.29) is 17.6 Å². The van der Waals surface area contributed by atoms with Gasteiger partial charge in [0.25, 0.3) is 0 Å². The maximum Gasteiger partial charge on any atom is 0.229 e. The van der Waals surface area contributed by atoms with Gasteiger partial charge in [-0.1, -0.05) is 38.1 Å². The fourth-order valence-corrected chi connectivity index (χ4v) is 4.87. The number of β-amino-alcohol motifs (C(OH)–C–C–N with tert-alkyl or cyclic N) is 1. The van der Waals surface area contributed by atoms with Gasteiger partial charge in [-0.15, -0.1) is 0 Å². The number of rotatable bonds is 5. The van der Waals surface area contributed by atoms with Gasteiger partial charge in [-0.05, 0) is 60.6 Å². The van der Waals surface area contributed by atoms with E-state index in [2.05, 4.69) is 4.90 Å². The Labute approximate surface area is 189 Å². The second-order valence-corrected chi connectivity index (χ2v) is 9.49. The lowest BCUT2D eigenvalue weighted by Gasteiger charge is -2.39. The Morgan fingerprint density at radius 3 is 2.44 bits per heavy atom. The molecule has 0 aliphatic carbocycles. The molecule has 172 valence electrons. The summed E-state index contributed by atoms with van der Waals surface area (Å²) in [6.45, 7) is 6.40. The molecule has 1 saturated heterocycles. The molecule has 2 aliphatic rings. The van der Waals surface area contributed by atoms with E-state index in [9.17, 15) is 19.4 Å². The van der Waals surface area contributed by atoms with Crippen LogP contribution < -0.4 is 4.90 Å². The summed E-state index contributed by atoms with van der Waals surface area (Å²) in [6, 6.07) is 12.0. The van der Waals surface area contributed by atoms with E-state index in [1.54, 1.807) is 12.1 Å². The highest BCUT2D eigenvalue weighted by molar-refractivity contribution is 5.95. The zero-order valence-electron chi connectivity index (χ0n) is 18.9. The largest absolute Gasteiger partial charge is 0.387 e. The van der Waals surface area contributed by atoms with Gasteiger partial charge in [-0.25, -0.2) is 4.39 Å². The number of hydrogen-bond donors (Lipinski definition) is 2. The van der Waals surface area contributed by atoms with E-state index in [0.29, 0.717) is 32.5 Å². The standard InChI is InChI=1S/C26H33FN2O3/c1-18(2)25(31)29-13-3-4-19-16-20(5-10-23(19)29)24(30)17-28-14-11-26(32,12-15-28)21-6-8-22(27)9-7-21/h5-10,16,18,24,30,32H,3-4,11-15,17H2,1-2H3. The quantitative estimate of drug-likeness (QED) is 0.743. The second-order valence-electron chi connectivity index (χ2n) is 9.49. The van der Waals surface area contributed by atoms with Gasteiger partial charge in [-0.2, -0.15) is 0 Å². The highest BCUT2D eigenvalue weighted by atomic mass is 19.1. The molecule has 1 amide bonds. The van der Waals surface area contributed by atoms with Crippen molar-refractivity contribution in [2.24, 2.45) is 5.92 Å². The van der Waals surface area contributed by atoms with E-state index in [0.717, 1.165) is 41.8 Å². The first-order chi connectivity index (χ1) is 15.3. The average molecular weight is 441 g/mol. The van der Waals surface area contributed by atoms with Crippen LogP contribution in [0.4, 0.5) is 10.1 Å². The minimum atomic E-state index is -0.951. The summed E-state index contributed by atoms with van der Waals surface area (Å²) in [6.07, 6.45) is 2.29. The van der Waals surface area contributed by atoms with Crippen molar-refractivity contribution < 1.29 is 19.4 Å². The van der Waals surface area contributed by atoms with Crippen molar-refractivity contribution in [3.05, 3.63) is 65.0 Å². The summed E-state index contributed by atoms with van der Waals surface area (Å²) >= 11 is 0. The van der Waals surface area contributed by atoms with E-state index >= 15 is 0 Å². The first-order valence-electron chi connectivity index (χ1n) is 11.6. The number of aliphatic hydroxyl groups excluding tert-OH is 1. The molecule has 1 unspecified atom stereocenters. The smallest absolute Gasteiger partial charge is 0.229 e. The highest BCUT2D eigenvalue weighted by Crippen LogP contribution is 2.34. The molecule has 0 spiro atoms. The molecule has 0 radical (unpaired) electrons. The predicted molar refractivity (Wildman–Crippen MR) is 123 cm³/mol. The van der Waals surface area contributed by atoms with Crippen LogP contribution >= 0.6 is 0 Å². The SMILES string of the molecule is CC(C)C(=O)N1CCCc2cc(C(O)CN3CCC(O)(c4ccc(F)cc4)CC3)ccc21. The fraction of sp³-hybridized carbons (Fsp3) is 0.500. The van der Waals surface area contributed by atoms with Gasteiger partial charge in [0.15, 0.2) is 0 Å². The van der Waals surface area contributed by atoms with Crippen LogP contribution in [0.15, 0.2) is 42.5 Å². The average Bonchev–Trinajstić information content (AvgIpc) is 2.79. The van der Waals surface area contributed by atoms with Gasteiger partial charge in [0.05, 0.1) is 11.7 Å². The number of benzene rings is 2. The molecule has 2 heterocycles. The summed E-state index contributed by atoms with van der Waals surface area (Å²) in [7, 11) is 0. The molecule has 6 heteroatoms. The van der Waals surface area contributed by atoms with Gasteiger partial charge in [0, 0.05) is 37.8 Å². The Morgan fingerprint density at radius 2 is 1.78 bits per heavy atom. The maximum absolute atomic E-state index is 13.2. The number of nitrogens with zero attached hydrogens (tertiary/aromatic N) is 2. The van der Waals surface area contributed by atoms with Crippen LogP contribution in [0, 0.1) is 11.7 Å². The second kappa shape index (κ2) is 9.30. The lowest BCUT2D eigenvalue weighted by Crippen LogP contribution is -2.44.